The van der Waals surface area contributed by atoms with Crippen LogP contribution in [0.15, 0.2) is 48.9 Å². The molecule has 152 valence electrons. The van der Waals surface area contributed by atoms with E-state index in [1.165, 1.54) is 16.7 Å². The van der Waals surface area contributed by atoms with Crippen molar-refractivity contribution >= 4 is 11.7 Å². The molecule has 3 heterocycles. The van der Waals surface area contributed by atoms with Crippen molar-refractivity contribution < 1.29 is 9.53 Å². The molecule has 1 aliphatic rings. The van der Waals surface area contributed by atoms with Gasteiger partial charge < -0.3 is 19.8 Å². The van der Waals surface area contributed by atoms with Gasteiger partial charge in [-0.2, -0.15) is 0 Å². The molecular formula is C23H28N4O2. The van der Waals surface area contributed by atoms with Crippen molar-refractivity contribution in [2.45, 2.75) is 32.6 Å². The SMILES string of the molecule is Cc1c(-c2ccc(OCCCC3CCN(C(N)=O)CC3)cc2)ccn2ccnc12. The summed E-state index contributed by atoms with van der Waals surface area (Å²) in [5.74, 6) is 1.56. The van der Waals surface area contributed by atoms with E-state index in [1.807, 2.05) is 35.1 Å². The van der Waals surface area contributed by atoms with Crippen LogP contribution in [0.4, 0.5) is 4.79 Å². The van der Waals surface area contributed by atoms with Gasteiger partial charge in [0, 0.05) is 37.2 Å². The summed E-state index contributed by atoms with van der Waals surface area (Å²) in [6, 6.07) is 10.1. The molecule has 2 N–H and O–H groups in total. The first kappa shape index (κ1) is 19.3. The summed E-state index contributed by atoms with van der Waals surface area (Å²) in [5, 5.41) is 0. The average molecular weight is 393 g/mol. The lowest BCUT2D eigenvalue weighted by Gasteiger charge is -2.30. The molecule has 29 heavy (non-hydrogen) atoms. The third kappa shape index (κ3) is 4.36. The van der Waals surface area contributed by atoms with Crippen LogP contribution in [0.25, 0.3) is 16.8 Å². The molecule has 0 bridgehead atoms. The molecule has 1 fully saturated rings. The zero-order valence-electron chi connectivity index (χ0n) is 16.9. The third-order valence-electron chi connectivity index (χ3n) is 5.93. The molecule has 1 aliphatic heterocycles. The van der Waals surface area contributed by atoms with Crippen LogP contribution in [0.2, 0.25) is 0 Å². The Morgan fingerprint density at radius 3 is 2.66 bits per heavy atom. The third-order valence-corrected chi connectivity index (χ3v) is 5.93. The number of primary amides is 1. The number of pyridine rings is 1. The first-order valence-electron chi connectivity index (χ1n) is 10.3. The summed E-state index contributed by atoms with van der Waals surface area (Å²) >= 11 is 0. The number of rotatable bonds is 6. The molecule has 2 amide bonds. The fraction of sp³-hybridized carbons (Fsp3) is 0.391. The van der Waals surface area contributed by atoms with E-state index < -0.39 is 0 Å². The van der Waals surface area contributed by atoms with Gasteiger partial charge in [-0.15, -0.1) is 0 Å². The molecule has 0 atom stereocenters. The zero-order valence-corrected chi connectivity index (χ0v) is 16.9. The maximum atomic E-state index is 11.2. The number of piperidine rings is 1. The highest BCUT2D eigenvalue weighted by Gasteiger charge is 2.20. The van der Waals surface area contributed by atoms with Gasteiger partial charge in [0.2, 0.25) is 0 Å². The van der Waals surface area contributed by atoms with E-state index in [2.05, 4.69) is 30.1 Å². The summed E-state index contributed by atoms with van der Waals surface area (Å²) in [7, 11) is 0. The van der Waals surface area contributed by atoms with Crippen LogP contribution in [0.5, 0.6) is 5.75 Å². The Hall–Kier alpha value is -3.02. The van der Waals surface area contributed by atoms with Crippen molar-refractivity contribution in [1.29, 1.82) is 0 Å². The molecule has 0 saturated carbocycles. The standard InChI is InChI=1S/C23H28N4O2/c1-17-21(10-14-26-15-11-25-22(17)26)19-4-6-20(7-5-19)29-16-2-3-18-8-12-27(13-9-18)23(24)28/h4-7,10-11,14-15,18H,2-3,8-9,12-13,16H2,1H3,(H2,24,28). The van der Waals surface area contributed by atoms with Gasteiger partial charge in [0.1, 0.15) is 11.4 Å². The lowest BCUT2D eigenvalue weighted by molar-refractivity contribution is 0.172. The lowest BCUT2D eigenvalue weighted by Crippen LogP contribution is -2.41. The van der Waals surface area contributed by atoms with Crippen LogP contribution in [0.3, 0.4) is 0 Å². The van der Waals surface area contributed by atoms with Gasteiger partial charge >= 0.3 is 6.03 Å². The highest BCUT2D eigenvalue weighted by Crippen LogP contribution is 2.28. The predicted octanol–water partition coefficient (Wildman–Crippen LogP) is 4.26. The molecule has 2 aromatic heterocycles. The Morgan fingerprint density at radius 1 is 1.17 bits per heavy atom. The molecule has 0 unspecified atom stereocenters. The summed E-state index contributed by atoms with van der Waals surface area (Å²) in [6.07, 6.45) is 10.1. The summed E-state index contributed by atoms with van der Waals surface area (Å²) in [5.41, 5.74) is 9.86. The van der Waals surface area contributed by atoms with Gasteiger partial charge in [-0.1, -0.05) is 12.1 Å². The van der Waals surface area contributed by atoms with Gasteiger partial charge in [0.25, 0.3) is 0 Å². The van der Waals surface area contributed by atoms with E-state index in [-0.39, 0.29) is 6.03 Å². The number of urea groups is 1. The first-order valence-corrected chi connectivity index (χ1v) is 10.3. The number of aryl methyl sites for hydroxylation is 1. The first-order chi connectivity index (χ1) is 14.1. The highest BCUT2D eigenvalue weighted by atomic mass is 16.5. The van der Waals surface area contributed by atoms with E-state index in [1.54, 1.807) is 4.90 Å². The molecule has 0 radical (unpaired) electrons. The number of hydrogen-bond donors (Lipinski definition) is 1. The number of carbonyl (C=O) groups is 1. The molecule has 4 rings (SSSR count). The topological polar surface area (TPSA) is 72.9 Å². The van der Waals surface area contributed by atoms with Crippen LogP contribution in [-0.4, -0.2) is 40.0 Å². The van der Waals surface area contributed by atoms with Crippen molar-refractivity contribution in [1.82, 2.24) is 14.3 Å². The second-order valence-corrected chi connectivity index (χ2v) is 7.80. The second-order valence-electron chi connectivity index (χ2n) is 7.80. The number of ether oxygens (including phenoxy) is 1. The van der Waals surface area contributed by atoms with Gasteiger partial charge in [-0.05, 0) is 67.9 Å². The van der Waals surface area contributed by atoms with Crippen molar-refractivity contribution in [3.8, 4) is 16.9 Å². The number of amides is 2. The minimum Gasteiger partial charge on any atom is -0.494 e. The van der Waals surface area contributed by atoms with Gasteiger partial charge in [0.05, 0.1) is 6.61 Å². The van der Waals surface area contributed by atoms with E-state index in [0.29, 0.717) is 12.5 Å². The maximum absolute atomic E-state index is 11.2. The predicted molar refractivity (Wildman–Crippen MR) is 114 cm³/mol. The maximum Gasteiger partial charge on any atom is 0.314 e. The van der Waals surface area contributed by atoms with E-state index >= 15 is 0 Å². The molecular weight excluding hydrogens is 364 g/mol. The number of nitrogens with two attached hydrogens (primary N) is 1. The number of fused-ring (bicyclic) bond motifs is 1. The van der Waals surface area contributed by atoms with E-state index in [4.69, 9.17) is 10.5 Å². The van der Waals surface area contributed by atoms with Crippen LogP contribution < -0.4 is 10.5 Å². The molecule has 0 aliphatic carbocycles. The quantitative estimate of drug-likeness (QED) is 0.637. The van der Waals surface area contributed by atoms with Crippen molar-refractivity contribution in [2.75, 3.05) is 19.7 Å². The highest BCUT2D eigenvalue weighted by molar-refractivity contribution is 5.73. The molecule has 1 aromatic carbocycles. The van der Waals surface area contributed by atoms with Crippen molar-refractivity contribution in [3.05, 3.63) is 54.5 Å². The summed E-state index contributed by atoms with van der Waals surface area (Å²) < 4.78 is 7.97. The molecule has 6 nitrogen and oxygen atoms in total. The molecule has 1 saturated heterocycles. The fourth-order valence-electron chi connectivity index (χ4n) is 4.17. The number of benzene rings is 1. The van der Waals surface area contributed by atoms with Gasteiger partial charge in [0.15, 0.2) is 0 Å². The van der Waals surface area contributed by atoms with Crippen molar-refractivity contribution in [2.24, 2.45) is 11.7 Å². The molecule has 0 spiro atoms. The Morgan fingerprint density at radius 2 is 1.93 bits per heavy atom. The van der Waals surface area contributed by atoms with Crippen LogP contribution in [0, 0.1) is 12.8 Å². The molecule has 3 aromatic rings. The number of likely N-dealkylation sites (tertiary alicyclic amines) is 1. The second kappa shape index (κ2) is 8.55. The number of hydrogen-bond acceptors (Lipinski definition) is 3. The Bertz CT molecular complexity index is 972. The van der Waals surface area contributed by atoms with Gasteiger partial charge in [-0.25, -0.2) is 9.78 Å². The minimum absolute atomic E-state index is 0.296. The normalized spacial score (nSPS) is 15.0. The number of nitrogens with zero attached hydrogens (tertiary/aromatic N) is 3. The van der Waals surface area contributed by atoms with Crippen molar-refractivity contribution in [3.63, 3.8) is 0 Å². The van der Waals surface area contributed by atoms with E-state index in [9.17, 15) is 4.79 Å². The Kier molecular flexibility index (Phi) is 5.69. The largest absolute Gasteiger partial charge is 0.494 e. The number of carbonyl (C=O) groups excluding carboxylic acids is 1. The lowest BCUT2D eigenvalue weighted by atomic mass is 9.92. The van der Waals surface area contributed by atoms with E-state index in [0.717, 1.165) is 50.2 Å². The summed E-state index contributed by atoms with van der Waals surface area (Å²) in [6.45, 7) is 4.39. The van der Waals surface area contributed by atoms with Gasteiger partial charge in [-0.3, -0.25) is 0 Å². The smallest absolute Gasteiger partial charge is 0.314 e. The average Bonchev–Trinajstić information content (AvgIpc) is 3.22. The summed E-state index contributed by atoms with van der Waals surface area (Å²) in [4.78, 5) is 17.4. The number of aromatic nitrogens is 2. The van der Waals surface area contributed by atoms with Crippen LogP contribution in [0.1, 0.15) is 31.2 Å². The van der Waals surface area contributed by atoms with Crippen LogP contribution in [-0.2, 0) is 0 Å². The minimum atomic E-state index is -0.296. The monoisotopic (exact) mass is 392 g/mol. The van der Waals surface area contributed by atoms with Crippen LogP contribution >= 0.6 is 0 Å². The number of imidazole rings is 1. The zero-order chi connectivity index (χ0) is 20.2. The molecule has 6 heteroatoms. The Labute approximate surface area is 171 Å². The fourth-order valence-corrected chi connectivity index (χ4v) is 4.17. The Balaban J connectivity index is 1.27.